The first-order valence-corrected chi connectivity index (χ1v) is 8.50. The molecule has 2 aromatic rings. The minimum atomic E-state index is -0.280. The van der Waals surface area contributed by atoms with Gasteiger partial charge in [-0.1, -0.05) is 30.7 Å². The summed E-state index contributed by atoms with van der Waals surface area (Å²) in [6, 6.07) is 7.53. The zero-order valence-electron chi connectivity index (χ0n) is 14.0. The molecule has 0 bridgehead atoms. The normalized spacial score (nSPS) is 17.0. The van der Waals surface area contributed by atoms with Gasteiger partial charge in [0.2, 0.25) is 5.95 Å². The number of nitrogens with two attached hydrogens (primary N) is 1. The maximum atomic E-state index is 5.99. The van der Waals surface area contributed by atoms with Crippen LogP contribution in [0.25, 0.3) is 11.1 Å². The van der Waals surface area contributed by atoms with Gasteiger partial charge in [0.1, 0.15) is 0 Å². The van der Waals surface area contributed by atoms with E-state index in [0.717, 1.165) is 42.5 Å². The van der Waals surface area contributed by atoms with Crippen molar-refractivity contribution < 1.29 is 9.57 Å². The Balaban J connectivity index is 0.00000225. The zero-order valence-corrected chi connectivity index (χ0v) is 15.6. The van der Waals surface area contributed by atoms with Gasteiger partial charge < -0.3 is 10.5 Å². The van der Waals surface area contributed by atoms with Gasteiger partial charge in [-0.2, -0.15) is 4.98 Å². The molecule has 25 heavy (non-hydrogen) atoms. The van der Waals surface area contributed by atoms with Crippen molar-refractivity contribution in [1.29, 1.82) is 0 Å². The van der Waals surface area contributed by atoms with Gasteiger partial charge in [0, 0.05) is 23.6 Å². The Hall–Kier alpha value is -1.60. The quantitative estimate of drug-likeness (QED) is 0.750. The number of ether oxygens (including phenoxy) is 1. The van der Waals surface area contributed by atoms with Crippen molar-refractivity contribution in [3.05, 3.63) is 35.0 Å². The Morgan fingerprint density at radius 3 is 2.68 bits per heavy atom. The van der Waals surface area contributed by atoms with E-state index in [1.54, 1.807) is 0 Å². The van der Waals surface area contributed by atoms with Crippen LogP contribution < -0.4 is 11.2 Å². The second kappa shape index (κ2) is 9.20. The average molecular weight is 385 g/mol. The van der Waals surface area contributed by atoms with Crippen LogP contribution in [0.3, 0.4) is 0 Å². The number of nitrogens with one attached hydrogen (secondary N) is 1. The van der Waals surface area contributed by atoms with Gasteiger partial charge in [0.25, 0.3) is 0 Å². The maximum absolute atomic E-state index is 5.99. The van der Waals surface area contributed by atoms with Gasteiger partial charge in [-0.3, -0.25) is 0 Å². The van der Waals surface area contributed by atoms with Gasteiger partial charge in [-0.25, -0.2) is 15.3 Å². The van der Waals surface area contributed by atoms with Gasteiger partial charge in [-0.15, -0.1) is 12.4 Å². The SMILES string of the molecule is CCc1nc(N)nc(NOC2CCCCO2)c1-c1ccc(Cl)cc1.Cl. The fourth-order valence-corrected chi connectivity index (χ4v) is 2.83. The van der Waals surface area contributed by atoms with Gasteiger partial charge >= 0.3 is 0 Å². The monoisotopic (exact) mass is 384 g/mol. The first-order chi connectivity index (χ1) is 11.7. The van der Waals surface area contributed by atoms with Gasteiger partial charge in [-0.05, 0) is 37.0 Å². The summed E-state index contributed by atoms with van der Waals surface area (Å²) in [5, 5.41) is 0.675. The highest BCUT2D eigenvalue weighted by Crippen LogP contribution is 2.32. The third-order valence-electron chi connectivity index (χ3n) is 3.89. The summed E-state index contributed by atoms with van der Waals surface area (Å²) >= 11 is 5.99. The fourth-order valence-electron chi connectivity index (χ4n) is 2.70. The molecule has 3 rings (SSSR count). The molecule has 1 aromatic heterocycles. The molecule has 1 aromatic carbocycles. The molecule has 6 nitrogen and oxygen atoms in total. The van der Waals surface area contributed by atoms with Crippen LogP contribution in [0.5, 0.6) is 0 Å². The summed E-state index contributed by atoms with van der Waals surface area (Å²) < 4.78 is 5.57. The third-order valence-corrected chi connectivity index (χ3v) is 4.15. The summed E-state index contributed by atoms with van der Waals surface area (Å²) in [6.45, 7) is 2.73. The van der Waals surface area contributed by atoms with Crippen LogP contribution in [-0.2, 0) is 16.0 Å². The molecular weight excluding hydrogens is 363 g/mol. The van der Waals surface area contributed by atoms with Crippen molar-refractivity contribution in [2.45, 2.75) is 38.9 Å². The molecule has 0 saturated carbocycles. The number of anilines is 2. The van der Waals surface area contributed by atoms with Gasteiger partial charge in [0.15, 0.2) is 12.1 Å². The average Bonchev–Trinajstić information content (AvgIpc) is 2.61. The predicted molar refractivity (Wildman–Crippen MR) is 102 cm³/mol. The number of aromatic nitrogens is 2. The van der Waals surface area contributed by atoms with Crippen LogP contribution in [-0.4, -0.2) is 22.9 Å². The second-order valence-electron chi connectivity index (χ2n) is 5.63. The Morgan fingerprint density at radius 2 is 2.04 bits per heavy atom. The molecule has 1 unspecified atom stereocenters. The van der Waals surface area contributed by atoms with Crippen LogP contribution in [0.4, 0.5) is 11.8 Å². The zero-order chi connectivity index (χ0) is 16.9. The highest BCUT2D eigenvalue weighted by atomic mass is 35.5. The van der Waals surface area contributed by atoms with Crippen LogP contribution >= 0.6 is 24.0 Å². The molecule has 136 valence electrons. The maximum Gasteiger partial charge on any atom is 0.222 e. The van der Waals surface area contributed by atoms with Crippen molar-refractivity contribution >= 4 is 35.8 Å². The molecule has 0 amide bonds. The molecule has 0 radical (unpaired) electrons. The molecule has 1 fully saturated rings. The number of aryl methyl sites for hydroxylation is 1. The van der Waals surface area contributed by atoms with E-state index in [1.807, 2.05) is 31.2 Å². The molecule has 2 heterocycles. The van der Waals surface area contributed by atoms with E-state index in [2.05, 4.69) is 15.4 Å². The Morgan fingerprint density at radius 1 is 1.28 bits per heavy atom. The number of nitrogen functional groups attached to an aromatic ring is 1. The summed E-state index contributed by atoms with van der Waals surface area (Å²) in [7, 11) is 0. The molecule has 3 N–H and O–H groups in total. The lowest BCUT2D eigenvalue weighted by atomic mass is 10.0. The van der Waals surface area contributed by atoms with E-state index in [1.165, 1.54) is 0 Å². The summed E-state index contributed by atoms with van der Waals surface area (Å²) in [5.41, 5.74) is 11.4. The molecule has 0 aliphatic carbocycles. The van der Waals surface area contributed by atoms with Crippen LogP contribution in [0.15, 0.2) is 24.3 Å². The lowest BCUT2D eigenvalue weighted by Gasteiger charge is -2.23. The molecule has 1 saturated heterocycles. The van der Waals surface area contributed by atoms with Crippen molar-refractivity contribution in [2.24, 2.45) is 0 Å². The Labute approximate surface area is 158 Å². The minimum Gasteiger partial charge on any atom is -0.368 e. The van der Waals surface area contributed by atoms with E-state index in [-0.39, 0.29) is 24.6 Å². The van der Waals surface area contributed by atoms with E-state index in [0.29, 0.717) is 17.4 Å². The Kier molecular flexibility index (Phi) is 7.25. The predicted octanol–water partition coefficient (Wildman–Crippen LogP) is 4.23. The van der Waals surface area contributed by atoms with Crippen molar-refractivity contribution in [2.75, 3.05) is 17.8 Å². The highest BCUT2D eigenvalue weighted by molar-refractivity contribution is 6.30. The smallest absolute Gasteiger partial charge is 0.222 e. The standard InChI is InChI=1S/C17H21ClN4O2.ClH/c1-2-13-15(11-6-8-12(18)9-7-11)16(21-17(19)20-13)22-24-14-5-3-4-10-23-14;/h6-9,14H,2-5,10H2,1H3,(H3,19,20,21,22);1H. The summed E-state index contributed by atoms with van der Waals surface area (Å²) in [4.78, 5) is 14.3. The molecule has 8 heteroatoms. The molecular formula is C17H22Cl2N4O2. The number of nitrogens with zero attached hydrogens (tertiary/aromatic N) is 2. The summed E-state index contributed by atoms with van der Waals surface area (Å²) in [6.07, 6.45) is 3.45. The lowest BCUT2D eigenvalue weighted by molar-refractivity contribution is -0.145. The van der Waals surface area contributed by atoms with Crippen molar-refractivity contribution in [3.8, 4) is 11.1 Å². The number of rotatable bonds is 5. The number of benzene rings is 1. The van der Waals surface area contributed by atoms with Crippen LogP contribution in [0.2, 0.25) is 5.02 Å². The van der Waals surface area contributed by atoms with Crippen LogP contribution in [0, 0.1) is 0 Å². The van der Waals surface area contributed by atoms with E-state index < -0.39 is 0 Å². The molecule has 0 spiro atoms. The fraction of sp³-hybridized carbons (Fsp3) is 0.412. The lowest BCUT2D eigenvalue weighted by Crippen LogP contribution is -2.25. The first-order valence-electron chi connectivity index (χ1n) is 8.13. The summed E-state index contributed by atoms with van der Waals surface area (Å²) in [5.74, 6) is 0.746. The topological polar surface area (TPSA) is 82.3 Å². The van der Waals surface area contributed by atoms with E-state index in [4.69, 9.17) is 26.9 Å². The largest absolute Gasteiger partial charge is 0.368 e. The number of halogens is 2. The molecule has 1 aliphatic rings. The number of hydrogen-bond donors (Lipinski definition) is 2. The minimum absolute atomic E-state index is 0. The van der Waals surface area contributed by atoms with Gasteiger partial charge in [0.05, 0.1) is 5.69 Å². The highest BCUT2D eigenvalue weighted by Gasteiger charge is 2.18. The second-order valence-corrected chi connectivity index (χ2v) is 6.07. The van der Waals surface area contributed by atoms with E-state index in [9.17, 15) is 0 Å². The Bertz CT molecular complexity index is 692. The van der Waals surface area contributed by atoms with Crippen molar-refractivity contribution in [3.63, 3.8) is 0 Å². The first kappa shape index (κ1) is 19.7. The number of hydrogen-bond acceptors (Lipinski definition) is 6. The van der Waals surface area contributed by atoms with Crippen molar-refractivity contribution in [1.82, 2.24) is 9.97 Å². The molecule has 1 atom stereocenters. The van der Waals surface area contributed by atoms with Crippen LogP contribution in [0.1, 0.15) is 31.9 Å². The van der Waals surface area contributed by atoms with E-state index >= 15 is 0 Å². The third kappa shape index (κ3) is 4.95. The molecule has 1 aliphatic heterocycles.